The molecular weight excluding hydrogens is 250 g/mol. The van der Waals surface area contributed by atoms with Crippen LogP contribution in [0.3, 0.4) is 0 Å². The Morgan fingerprint density at radius 1 is 1.62 bits per heavy atom. The summed E-state index contributed by atoms with van der Waals surface area (Å²) in [6.07, 6.45) is 1.75. The zero-order chi connectivity index (χ0) is 9.26. The molecule has 0 bridgehead atoms. The summed E-state index contributed by atoms with van der Waals surface area (Å²) in [5, 5.41) is 14.6. The second kappa shape index (κ2) is 4.09. The summed E-state index contributed by atoms with van der Waals surface area (Å²) >= 11 is 5.24. The standard InChI is InChI=1S/C9H12BrNOS/c10-8-1-2-13-9(8)5-11-6-3-7(12)4-6/h1-2,6-7,11-12H,3-5H2. The smallest absolute Gasteiger partial charge is 0.0570 e. The van der Waals surface area contributed by atoms with Crippen LogP contribution in [0.5, 0.6) is 0 Å². The van der Waals surface area contributed by atoms with Gasteiger partial charge in [-0.05, 0) is 40.2 Å². The first-order valence-corrected chi connectivity index (χ1v) is 6.06. The van der Waals surface area contributed by atoms with E-state index in [9.17, 15) is 0 Å². The van der Waals surface area contributed by atoms with E-state index < -0.39 is 0 Å². The number of hydrogen-bond acceptors (Lipinski definition) is 3. The predicted octanol–water partition coefficient (Wildman–Crippen LogP) is 2.12. The number of halogens is 1. The zero-order valence-electron chi connectivity index (χ0n) is 7.16. The van der Waals surface area contributed by atoms with E-state index in [1.807, 2.05) is 0 Å². The second-order valence-corrected chi connectivity index (χ2v) is 5.25. The lowest BCUT2D eigenvalue weighted by atomic mass is 9.89. The van der Waals surface area contributed by atoms with Gasteiger partial charge in [0.2, 0.25) is 0 Å². The molecule has 1 aliphatic carbocycles. The molecule has 1 aromatic heterocycles. The lowest BCUT2D eigenvalue weighted by Crippen LogP contribution is -2.43. The zero-order valence-corrected chi connectivity index (χ0v) is 9.57. The van der Waals surface area contributed by atoms with Crippen molar-refractivity contribution >= 4 is 27.3 Å². The van der Waals surface area contributed by atoms with Gasteiger partial charge in [-0.15, -0.1) is 11.3 Å². The van der Waals surface area contributed by atoms with E-state index in [-0.39, 0.29) is 6.10 Å². The number of aliphatic hydroxyl groups excluding tert-OH is 1. The van der Waals surface area contributed by atoms with E-state index in [0.29, 0.717) is 6.04 Å². The minimum Gasteiger partial charge on any atom is -0.393 e. The lowest BCUT2D eigenvalue weighted by molar-refractivity contribution is 0.0620. The fourth-order valence-corrected chi connectivity index (χ4v) is 2.89. The van der Waals surface area contributed by atoms with Crippen molar-refractivity contribution in [1.29, 1.82) is 0 Å². The molecule has 2 N–H and O–H groups in total. The van der Waals surface area contributed by atoms with Gasteiger partial charge in [-0.3, -0.25) is 0 Å². The van der Waals surface area contributed by atoms with Crippen LogP contribution in [0.4, 0.5) is 0 Å². The molecule has 4 heteroatoms. The summed E-state index contributed by atoms with van der Waals surface area (Å²) < 4.78 is 1.19. The number of aliphatic hydroxyl groups is 1. The van der Waals surface area contributed by atoms with E-state index in [1.54, 1.807) is 11.3 Å². The highest BCUT2D eigenvalue weighted by atomic mass is 79.9. The monoisotopic (exact) mass is 261 g/mol. The van der Waals surface area contributed by atoms with E-state index in [4.69, 9.17) is 5.11 Å². The van der Waals surface area contributed by atoms with Gasteiger partial charge in [-0.1, -0.05) is 0 Å². The SMILES string of the molecule is OC1CC(NCc2sccc2Br)C1. The maximum absolute atomic E-state index is 9.08. The van der Waals surface area contributed by atoms with Crippen LogP contribution in [0.1, 0.15) is 17.7 Å². The molecule has 1 aromatic rings. The van der Waals surface area contributed by atoms with E-state index in [1.165, 1.54) is 9.35 Å². The van der Waals surface area contributed by atoms with Crippen molar-refractivity contribution in [3.8, 4) is 0 Å². The van der Waals surface area contributed by atoms with Crippen LogP contribution >= 0.6 is 27.3 Å². The molecule has 0 amide bonds. The second-order valence-electron chi connectivity index (χ2n) is 3.39. The van der Waals surface area contributed by atoms with Crippen molar-refractivity contribution < 1.29 is 5.11 Å². The summed E-state index contributed by atoms with van der Waals surface area (Å²) in [6.45, 7) is 0.912. The lowest BCUT2D eigenvalue weighted by Gasteiger charge is -2.32. The highest BCUT2D eigenvalue weighted by Crippen LogP contribution is 2.24. The quantitative estimate of drug-likeness (QED) is 0.874. The molecular formula is C9H12BrNOS. The third-order valence-electron chi connectivity index (χ3n) is 2.36. The van der Waals surface area contributed by atoms with Crippen molar-refractivity contribution in [2.75, 3.05) is 0 Å². The first-order chi connectivity index (χ1) is 6.25. The predicted molar refractivity (Wildman–Crippen MR) is 57.9 cm³/mol. The van der Waals surface area contributed by atoms with Gasteiger partial charge in [0.05, 0.1) is 6.10 Å². The largest absolute Gasteiger partial charge is 0.393 e. The third kappa shape index (κ3) is 2.31. The van der Waals surface area contributed by atoms with Gasteiger partial charge in [-0.2, -0.15) is 0 Å². The summed E-state index contributed by atoms with van der Waals surface area (Å²) in [4.78, 5) is 1.33. The molecule has 0 aliphatic heterocycles. The molecule has 0 unspecified atom stereocenters. The maximum Gasteiger partial charge on any atom is 0.0570 e. The topological polar surface area (TPSA) is 32.3 Å². The first-order valence-electron chi connectivity index (χ1n) is 4.39. The summed E-state index contributed by atoms with van der Waals surface area (Å²) in [6, 6.07) is 2.58. The maximum atomic E-state index is 9.08. The Morgan fingerprint density at radius 2 is 2.38 bits per heavy atom. The van der Waals surface area contributed by atoms with Crippen LogP contribution in [-0.2, 0) is 6.54 Å². The molecule has 1 heterocycles. The Balaban J connectivity index is 1.77. The molecule has 72 valence electrons. The molecule has 1 saturated carbocycles. The molecule has 1 fully saturated rings. The molecule has 0 saturated heterocycles. The number of hydrogen-bond donors (Lipinski definition) is 2. The van der Waals surface area contributed by atoms with Crippen LogP contribution in [0.15, 0.2) is 15.9 Å². The van der Waals surface area contributed by atoms with Crippen molar-refractivity contribution in [1.82, 2.24) is 5.32 Å². The van der Waals surface area contributed by atoms with Gasteiger partial charge < -0.3 is 10.4 Å². The molecule has 1 aliphatic rings. The highest BCUT2D eigenvalue weighted by molar-refractivity contribution is 9.10. The summed E-state index contributed by atoms with van der Waals surface area (Å²) in [5.41, 5.74) is 0. The molecule has 0 spiro atoms. The Bertz CT molecular complexity index is 283. The normalized spacial score (nSPS) is 27.2. The van der Waals surface area contributed by atoms with Crippen molar-refractivity contribution in [2.45, 2.75) is 31.5 Å². The number of rotatable bonds is 3. The highest BCUT2D eigenvalue weighted by Gasteiger charge is 2.26. The molecule has 2 rings (SSSR count). The van der Waals surface area contributed by atoms with Gasteiger partial charge in [0.1, 0.15) is 0 Å². The molecule has 0 aromatic carbocycles. The Morgan fingerprint density at radius 3 is 2.92 bits per heavy atom. The minimum atomic E-state index is -0.0655. The average molecular weight is 262 g/mol. The first kappa shape index (κ1) is 9.65. The van der Waals surface area contributed by atoms with Gasteiger partial charge in [0.15, 0.2) is 0 Å². The van der Waals surface area contributed by atoms with E-state index >= 15 is 0 Å². The van der Waals surface area contributed by atoms with Crippen LogP contribution < -0.4 is 5.32 Å². The molecule has 13 heavy (non-hydrogen) atoms. The van der Waals surface area contributed by atoms with Crippen molar-refractivity contribution in [3.05, 3.63) is 20.8 Å². The third-order valence-corrected chi connectivity index (χ3v) is 4.28. The Labute approximate surface area is 90.1 Å². The van der Waals surface area contributed by atoms with Gasteiger partial charge in [-0.25, -0.2) is 0 Å². The van der Waals surface area contributed by atoms with Crippen LogP contribution in [-0.4, -0.2) is 17.3 Å². The van der Waals surface area contributed by atoms with Crippen LogP contribution in [0.25, 0.3) is 0 Å². The minimum absolute atomic E-state index is 0.0655. The van der Waals surface area contributed by atoms with Crippen LogP contribution in [0, 0.1) is 0 Å². The average Bonchev–Trinajstić information content (AvgIpc) is 2.43. The number of thiophene rings is 1. The van der Waals surface area contributed by atoms with Gasteiger partial charge >= 0.3 is 0 Å². The van der Waals surface area contributed by atoms with Gasteiger partial charge in [0, 0.05) is 21.9 Å². The number of nitrogens with one attached hydrogen (secondary N) is 1. The van der Waals surface area contributed by atoms with Crippen molar-refractivity contribution in [3.63, 3.8) is 0 Å². The fraction of sp³-hybridized carbons (Fsp3) is 0.556. The molecule has 0 radical (unpaired) electrons. The summed E-state index contributed by atoms with van der Waals surface area (Å²) in [5.74, 6) is 0. The Kier molecular flexibility index (Phi) is 3.03. The summed E-state index contributed by atoms with van der Waals surface area (Å²) in [7, 11) is 0. The van der Waals surface area contributed by atoms with E-state index in [0.717, 1.165) is 19.4 Å². The molecule has 2 nitrogen and oxygen atoms in total. The molecule has 0 atom stereocenters. The van der Waals surface area contributed by atoms with Crippen LogP contribution in [0.2, 0.25) is 0 Å². The fourth-order valence-electron chi connectivity index (χ4n) is 1.44. The Hall–Kier alpha value is 0.100. The van der Waals surface area contributed by atoms with Gasteiger partial charge in [0.25, 0.3) is 0 Å². The van der Waals surface area contributed by atoms with Crippen molar-refractivity contribution in [2.24, 2.45) is 0 Å². The van der Waals surface area contributed by atoms with E-state index in [2.05, 4.69) is 32.7 Å².